The molecule has 1 aliphatic heterocycles. The lowest BCUT2D eigenvalue weighted by molar-refractivity contribution is 0.0360. The number of benzene rings is 1. The molecule has 0 saturated carbocycles. The minimum absolute atomic E-state index is 0.270. The Balaban J connectivity index is 1.52. The maximum atomic E-state index is 5.38. The highest BCUT2D eigenvalue weighted by Crippen LogP contribution is 2.19. The van der Waals surface area contributed by atoms with Gasteiger partial charge in [-0.1, -0.05) is 29.8 Å². The first kappa shape index (κ1) is 16.0. The Morgan fingerprint density at radius 2 is 2.09 bits per heavy atom. The number of nitrogens with one attached hydrogen (secondary N) is 1. The number of nitrogens with zero attached hydrogens (tertiary/aromatic N) is 3. The summed E-state index contributed by atoms with van der Waals surface area (Å²) < 4.78 is 7.39. The molecule has 1 atom stereocenters. The molecular weight excluding hydrogens is 288 g/mol. The van der Waals surface area contributed by atoms with E-state index in [-0.39, 0.29) is 6.04 Å². The van der Waals surface area contributed by atoms with Gasteiger partial charge in [-0.2, -0.15) is 5.10 Å². The summed E-state index contributed by atoms with van der Waals surface area (Å²) in [6.07, 6.45) is 4.00. The number of ether oxygens (including phenoxy) is 1. The minimum atomic E-state index is 0.270. The fraction of sp³-hybridized carbons (Fsp3) is 0.500. The maximum Gasteiger partial charge on any atom is 0.0731 e. The third-order valence-corrected chi connectivity index (χ3v) is 4.31. The van der Waals surface area contributed by atoms with Crippen molar-refractivity contribution in [2.75, 3.05) is 38.2 Å². The van der Waals surface area contributed by atoms with E-state index in [4.69, 9.17) is 4.74 Å². The van der Waals surface area contributed by atoms with Crippen LogP contribution in [-0.4, -0.2) is 47.5 Å². The van der Waals surface area contributed by atoms with Crippen LogP contribution >= 0.6 is 0 Å². The Hall–Kier alpha value is -1.85. The van der Waals surface area contributed by atoms with E-state index in [1.807, 2.05) is 10.9 Å². The molecule has 2 aromatic rings. The van der Waals surface area contributed by atoms with Crippen molar-refractivity contribution >= 4 is 5.69 Å². The van der Waals surface area contributed by atoms with E-state index in [1.54, 1.807) is 0 Å². The zero-order chi connectivity index (χ0) is 16.1. The van der Waals surface area contributed by atoms with Gasteiger partial charge in [-0.05, 0) is 19.4 Å². The zero-order valence-corrected chi connectivity index (χ0v) is 14.0. The lowest BCUT2D eigenvalue weighted by Crippen LogP contribution is -2.38. The molecule has 1 aromatic heterocycles. The van der Waals surface area contributed by atoms with Gasteiger partial charge in [-0.25, -0.2) is 0 Å². The molecule has 1 N–H and O–H groups in total. The van der Waals surface area contributed by atoms with Crippen LogP contribution in [0.5, 0.6) is 0 Å². The van der Waals surface area contributed by atoms with E-state index in [2.05, 4.69) is 59.6 Å². The molecular formula is C18H26N4O. The zero-order valence-electron chi connectivity index (χ0n) is 14.0. The molecule has 5 heteroatoms. The van der Waals surface area contributed by atoms with Crippen molar-refractivity contribution in [1.82, 2.24) is 14.7 Å². The highest BCUT2D eigenvalue weighted by atomic mass is 16.5. The molecule has 0 aliphatic carbocycles. The summed E-state index contributed by atoms with van der Waals surface area (Å²) in [6, 6.07) is 8.88. The lowest BCUT2D eigenvalue weighted by atomic mass is 10.1. The normalized spacial score (nSPS) is 17.1. The summed E-state index contributed by atoms with van der Waals surface area (Å²) in [4.78, 5) is 2.42. The van der Waals surface area contributed by atoms with Crippen molar-refractivity contribution < 1.29 is 4.74 Å². The van der Waals surface area contributed by atoms with Crippen LogP contribution in [0.1, 0.15) is 24.1 Å². The Morgan fingerprint density at radius 1 is 1.26 bits per heavy atom. The number of anilines is 1. The molecule has 0 radical (unpaired) electrons. The van der Waals surface area contributed by atoms with Gasteiger partial charge >= 0.3 is 0 Å². The van der Waals surface area contributed by atoms with E-state index >= 15 is 0 Å². The third-order valence-electron chi connectivity index (χ3n) is 4.31. The fourth-order valence-corrected chi connectivity index (χ4v) is 2.90. The van der Waals surface area contributed by atoms with Crippen LogP contribution in [0.3, 0.4) is 0 Å². The molecule has 1 aromatic carbocycles. The maximum absolute atomic E-state index is 5.38. The average molecular weight is 314 g/mol. The summed E-state index contributed by atoms with van der Waals surface area (Å²) in [5, 5.41) is 7.99. The van der Waals surface area contributed by atoms with Crippen LogP contribution in [0, 0.1) is 6.92 Å². The second-order valence-corrected chi connectivity index (χ2v) is 6.23. The molecule has 0 amide bonds. The molecule has 124 valence electrons. The second-order valence-electron chi connectivity index (χ2n) is 6.23. The first-order valence-corrected chi connectivity index (χ1v) is 8.36. The van der Waals surface area contributed by atoms with E-state index in [0.29, 0.717) is 0 Å². The Morgan fingerprint density at radius 3 is 2.87 bits per heavy atom. The molecule has 1 unspecified atom stereocenters. The topological polar surface area (TPSA) is 42.3 Å². The molecule has 23 heavy (non-hydrogen) atoms. The monoisotopic (exact) mass is 314 g/mol. The molecule has 3 rings (SSSR count). The van der Waals surface area contributed by atoms with Gasteiger partial charge in [0.2, 0.25) is 0 Å². The van der Waals surface area contributed by atoms with Crippen LogP contribution in [-0.2, 0) is 11.3 Å². The highest BCUT2D eigenvalue weighted by Gasteiger charge is 2.11. The Kier molecular flexibility index (Phi) is 5.31. The predicted octanol–water partition coefficient (Wildman–Crippen LogP) is 2.70. The number of aromatic nitrogens is 2. The van der Waals surface area contributed by atoms with Crippen molar-refractivity contribution in [3.63, 3.8) is 0 Å². The largest absolute Gasteiger partial charge is 0.379 e. The summed E-state index contributed by atoms with van der Waals surface area (Å²) in [6.45, 7) is 9.99. The van der Waals surface area contributed by atoms with Crippen LogP contribution < -0.4 is 5.32 Å². The SMILES string of the molecule is Cc1cccc(C(C)Nc2cnn(CCN3CCOCC3)c2)c1. The highest BCUT2D eigenvalue weighted by molar-refractivity contribution is 5.41. The summed E-state index contributed by atoms with van der Waals surface area (Å²) in [7, 11) is 0. The summed E-state index contributed by atoms with van der Waals surface area (Å²) in [5.41, 5.74) is 3.66. The molecule has 1 aliphatic rings. The van der Waals surface area contributed by atoms with Crippen molar-refractivity contribution in [3.8, 4) is 0 Å². The third kappa shape index (κ3) is 4.56. The van der Waals surface area contributed by atoms with E-state index in [0.717, 1.165) is 45.1 Å². The first-order valence-electron chi connectivity index (χ1n) is 8.36. The Bertz CT molecular complexity index is 619. The Labute approximate surface area is 138 Å². The van der Waals surface area contributed by atoms with Gasteiger partial charge in [0, 0.05) is 31.9 Å². The standard InChI is InChI=1S/C18H26N4O/c1-15-4-3-5-17(12-15)16(2)20-18-13-19-22(14-18)7-6-21-8-10-23-11-9-21/h3-5,12-14,16,20H,6-11H2,1-2H3. The van der Waals surface area contributed by atoms with Gasteiger partial charge in [-0.3, -0.25) is 9.58 Å². The van der Waals surface area contributed by atoms with Gasteiger partial charge in [0.25, 0.3) is 0 Å². The van der Waals surface area contributed by atoms with Crippen LogP contribution in [0.4, 0.5) is 5.69 Å². The lowest BCUT2D eigenvalue weighted by Gasteiger charge is -2.26. The van der Waals surface area contributed by atoms with Crippen molar-refractivity contribution in [2.45, 2.75) is 26.4 Å². The molecule has 1 saturated heterocycles. The van der Waals surface area contributed by atoms with Crippen molar-refractivity contribution in [1.29, 1.82) is 0 Å². The van der Waals surface area contributed by atoms with E-state index in [9.17, 15) is 0 Å². The van der Waals surface area contributed by atoms with Crippen LogP contribution in [0.25, 0.3) is 0 Å². The van der Waals surface area contributed by atoms with E-state index < -0.39 is 0 Å². The number of rotatable bonds is 6. The first-order chi connectivity index (χ1) is 11.2. The van der Waals surface area contributed by atoms with Gasteiger partial charge in [0.15, 0.2) is 0 Å². The fourth-order valence-electron chi connectivity index (χ4n) is 2.90. The van der Waals surface area contributed by atoms with E-state index in [1.165, 1.54) is 11.1 Å². The smallest absolute Gasteiger partial charge is 0.0731 e. The van der Waals surface area contributed by atoms with Crippen molar-refractivity contribution in [2.24, 2.45) is 0 Å². The molecule has 0 spiro atoms. The van der Waals surface area contributed by atoms with Gasteiger partial charge < -0.3 is 10.1 Å². The second kappa shape index (κ2) is 7.62. The molecule has 1 fully saturated rings. The van der Waals surface area contributed by atoms with Gasteiger partial charge in [0.1, 0.15) is 0 Å². The number of morpholine rings is 1. The summed E-state index contributed by atoms with van der Waals surface area (Å²) in [5.74, 6) is 0. The molecule has 0 bridgehead atoms. The summed E-state index contributed by atoms with van der Waals surface area (Å²) >= 11 is 0. The number of aryl methyl sites for hydroxylation is 1. The predicted molar refractivity (Wildman–Crippen MR) is 92.7 cm³/mol. The molecule has 5 nitrogen and oxygen atoms in total. The van der Waals surface area contributed by atoms with Crippen molar-refractivity contribution in [3.05, 3.63) is 47.8 Å². The van der Waals surface area contributed by atoms with Crippen LogP contribution in [0.2, 0.25) is 0 Å². The minimum Gasteiger partial charge on any atom is -0.379 e. The van der Waals surface area contributed by atoms with Crippen LogP contribution in [0.15, 0.2) is 36.7 Å². The average Bonchev–Trinajstić information content (AvgIpc) is 3.01. The van der Waals surface area contributed by atoms with Gasteiger partial charge in [0.05, 0.1) is 31.6 Å². The molecule has 2 heterocycles. The number of hydrogen-bond donors (Lipinski definition) is 1. The quantitative estimate of drug-likeness (QED) is 0.890. The number of hydrogen-bond acceptors (Lipinski definition) is 4. The van der Waals surface area contributed by atoms with Gasteiger partial charge in [-0.15, -0.1) is 0 Å².